The topological polar surface area (TPSA) is 45.1 Å². The minimum Gasteiger partial charge on any atom is -0.387 e. The molecule has 22 heavy (non-hydrogen) atoms. The van der Waals surface area contributed by atoms with E-state index in [0.29, 0.717) is 5.56 Å². The molecule has 0 spiro atoms. The second-order valence-electron chi connectivity index (χ2n) is 5.00. The monoisotopic (exact) mass is 316 g/mol. The first-order chi connectivity index (χ1) is 10.6. The first-order valence-corrected chi connectivity index (χ1v) is 7.22. The number of hydrogen-bond donors (Lipinski definition) is 2. The highest BCUT2D eigenvalue weighted by Crippen LogP contribution is 2.25. The van der Waals surface area contributed by atoms with Crippen LogP contribution in [0.4, 0.5) is 10.1 Å². The van der Waals surface area contributed by atoms with Crippen molar-refractivity contribution in [2.75, 3.05) is 11.9 Å². The molecule has 0 aliphatic heterocycles. The summed E-state index contributed by atoms with van der Waals surface area (Å²) >= 11 is 5.95. The fraction of sp³-hybridized carbons (Fsp3) is 0.118. The standard InChI is InChI=1S/C17H14ClFN2O/c18-16-8-13(19)2-4-15(16)17(22)10-21-14-3-1-12-9-20-6-5-11(12)7-14/h1-9,17,21-22H,10H2. The summed E-state index contributed by atoms with van der Waals surface area (Å²) in [5.74, 6) is -0.419. The molecule has 1 aromatic heterocycles. The summed E-state index contributed by atoms with van der Waals surface area (Å²) in [6.07, 6.45) is 2.71. The number of pyridine rings is 1. The van der Waals surface area contributed by atoms with Crippen LogP contribution < -0.4 is 5.32 Å². The lowest BCUT2D eigenvalue weighted by Crippen LogP contribution is -2.12. The fourth-order valence-electron chi connectivity index (χ4n) is 2.29. The van der Waals surface area contributed by atoms with E-state index < -0.39 is 11.9 Å². The van der Waals surface area contributed by atoms with Crippen molar-refractivity contribution < 1.29 is 9.50 Å². The van der Waals surface area contributed by atoms with Crippen molar-refractivity contribution in [2.45, 2.75) is 6.10 Å². The quantitative estimate of drug-likeness (QED) is 0.759. The first-order valence-electron chi connectivity index (χ1n) is 6.84. The number of aliphatic hydroxyl groups excluding tert-OH is 1. The molecule has 0 bridgehead atoms. The van der Waals surface area contributed by atoms with Crippen LogP contribution in [0.25, 0.3) is 10.8 Å². The highest BCUT2D eigenvalue weighted by Gasteiger charge is 2.12. The zero-order valence-electron chi connectivity index (χ0n) is 11.6. The molecule has 5 heteroatoms. The number of aromatic nitrogens is 1. The normalized spacial score (nSPS) is 12.3. The lowest BCUT2D eigenvalue weighted by atomic mass is 10.1. The van der Waals surface area contributed by atoms with Crippen LogP contribution in [0.2, 0.25) is 5.02 Å². The Labute approximate surface area is 132 Å². The Morgan fingerprint density at radius 3 is 2.82 bits per heavy atom. The van der Waals surface area contributed by atoms with Gasteiger partial charge in [-0.2, -0.15) is 0 Å². The van der Waals surface area contributed by atoms with Gasteiger partial charge >= 0.3 is 0 Å². The molecule has 0 radical (unpaired) electrons. The van der Waals surface area contributed by atoms with Gasteiger partial charge in [0, 0.05) is 40.6 Å². The number of halogens is 2. The van der Waals surface area contributed by atoms with E-state index in [1.165, 1.54) is 18.2 Å². The van der Waals surface area contributed by atoms with Crippen LogP contribution in [0.3, 0.4) is 0 Å². The van der Waals surface area contributed by atoms with Gasteiger partial charge in [-0.05, 0) is 35.7 Å². The van der Waals surface area contributed by atoms with E-state index in [1.807, 2.05) is 24.3 Å². The molecule has 1 atom stereocenters. The van der Waals surface area contributed by atoms with Gasteiger partial charge in [0.05, 0.1) is 6.10 Å². The minimum atomic E-state index is -0.818. The maximum atomic E-state index is 13.0. The summed E-state index contributed by atoms with van der Waals surface area (Å²) in [6.45, 7) is 0.280. The Balaban J connectivity index is 1.72. The number of nitrogens with zero attached hydrogens (tertiary/aromatic N) is 1. The van der Waals surface area contributed by atoms with E-state index in [0.717, 1.165) is 16.5 Å². The largest absolute Gasteiger partial charge is 0.387 e. The van der Waals surface area contributed by atoms with E-state index in [4.69, 9.17) is 11.6 Å². The molecule has 3 rings (SSSR count). The molecule has 0 saturated heterocycles. The number of fused-ring (bicyclic) bond motifs is 1. The van der Waals surface area contributed by atoms with Gasteiger partial charge in [0.2, 0.25) is 0 Å². The third kappa shape index (κ3) is 3.18. The molecule has 2 aromatic carbocycles. The Kier molecular flexibility index (Phi) is 4.22. The van der Waals surface area contributed by atoms with Gasteiger partial charge in [0.15, 0.2) is 0 Å². The summed E-state index contributed by atoms with van der Waals surface area (Å²) in [4.78, 5) is 4.07. The molecule has 0 fully saturated rings. The number of hydrogen-bond acceptors (Lipinski definition) is 3. The smallest absolute Gasteiger partial charge is 0.124 e. The maximum Gasteiger partial charge on any atom is 0.124 e. The number of anilines is 1. The number of rotatable bonds is 4. The van der Waals surface area contributed by atoms with E-state index in [2.05, 4.69) is 10.3 Å². The fourth-order valence-corrected chi connectivity index (χ4v) is 2.58. The summed E-state index contributed by atoms with van der Waals surface area (Å²) in [5.41, 5.74) is 1.39. The van der Waals surface area contributed by atoms with E-state index in [1.54, 1.807) is 12.4 Å². The number of benzene rings is 2. The highest BCUT2D eigenvalue weighted by atomic mass is 35.5. The average molecular weight is 317 g/mol. The molecule has 0 saturated carbocycles. The molecule has 0 aliphatic carbocycles. The molecule has 112 valence electrons. The van der Waals surface area contributed by atoms with Crippen molar-refractivity contribution in [2.24, 2.45) is 0 Å². The minimum absolute atomic E-state index is 0.221. The Morgan fingerprint density at radius 1 is 1.14 bits per heavy atom. The third-order valence-electron chi connectivity index (χ3n) is 3.46. The number of nitrogens with one attached hydrogen (secondary N) is 1. The molecular formula is C17H14ClFN2O. The maximum absolute atomic E-state index is 13.0. The van der Waals surface area contributed by atoms with Gasteiger partial charge in [-0.3, -0.25) is 4.98 Å². The third-order valence-corrected chi connectivity index (χ3v) is 3.79. The SMILES string of the molecule is OC(CNc1ccc2cnccc2c1)c1ccc(F)cc1Cl. The van der Waals surface area contributed by atoms with Gasteiger partial charge in [-0.1, -0.05) is 23.7 Å². The zero-order valence-corrected chi connectivity index (χ0v) is 12.4. The highest BCUT2D eigenvalue weighted by molar-refractivity contribution is 6.31. The molecule has 0 amide bonds. The Bertz CT molecular complexity index is 810. The van der Waals surface area contributed by atoms with Gasteiger partial charge in [-0.15, -0.1) is 0 Å². The van der Waals surface area contributed by atoms with Crippen molar-refractivity contribution in [3.05, 3.63) is 71.3 Å². The molecule has 1 unspecified atom stereocenters. The molecule has 3 aromatic rings. The van der Waals surface area contributed by atoms with Gasteiger partial charge in [-0.25, -0.2) is 4.39 Å². The van der Waals surface area contributed by atoms with E-state index in [9.17, 15) is 9.50 Å². The first kappa shape index (κ1) is 14.8. The molecule has 3 nitrogen and oxygen atoms in total. The Morgan fingerprint density at radius 2 is 2.00 bits per heavy atom. The zero-order chi connectivity index (χ0) is 15.5. The summed E-state index contributed by atoms with van der Waals surface area (Å²) < 4.78 is 13.0. The van der Waals surface area contributed by atoms with Crippen LogP contribution in [0.15, 0.2) is 54.9 Å². The van der Waals surface area contributed by atoms with Crippen LogP contribution in [0.1, 0.15) is 11.7 Å². The molecule has 0 aliphatic rings. The summed E-state index contributed by atoms with van der Waals surface area (Å²) in [7, 11) is 0. The van der Waals surface area contributed by atoms with Gasteiger partial charge < -0.3 is 10.4 Å². The summed E-state index contributed by atoms with van der Waals surface area (Å²) in [6, 6.07) is 11.8. The number of aliphatic hydroxyl groups is 1. The predicted octanol–water partition coefficient (Wildman–Crippen LogP) is 4.17. The van der Waals surface area contributed by atoms with Crippen LogP contribution in [0, 0.1) is 5.82 Å². The van der Waals surface area contributed by atoms with Gasteiger partial charge in [0.25, 0.3) is 0 Å². The molecule has 1 heterocycles. The predicted molar refractivity (Wildman–Crippen MR) is 86.6 cm³/mol. The lowest BCUT2D eigenvalue weighted by molar-refractivity contribution is 0.191. The average Bonchev–Trinajstić information content (AvgIpc) is 2.52. The Hall–Kier alpha value is -2.17. The second-order valence-corrected chi connectivity index (χ2v) is 5.41. The lowest BCUT2D eigenvalue weighted by Gasteiger charge is -2.15. The van der Waals surface area contributed by atoms with Crippen molar-refractivity contribution in [3.8, 4) is 0 Å². The van der Waals surface area contributed by atoms with Crippen LogP contribution in [-0.2, 0) is 0 Å². The summed E-state index contributed by atoms with van der Waals surface area (Å²) in [5, 5.41) is 15.7. The van der Waals surface area contributed by atoms with Crippen LogP contribution >= 0.6 is 11.6 Å². The molecular weight excluding hydrogens is 303 g/mol. The van der Waals surface area contributed by atoms with E-state index in [-0.39, 0.29) is 11.6 Å². The van der Waals surface area contributed by atoms with Crippen molar-refractivity contribution in [3.63, 3.8) is 0 Å². The van der Waals surface area contributed by atoms with E-state index >= 15 is 0 Å². The van der Waals surface area contributed by atoms with Crippen LogP contribution in [0.5, 0.6) is 0 Å². The van der Waals surface area contributed by atoms with Crippen molar-refractivity contribution >= 4 is 28.1 Å². The molecule has 2 N–H and O–H groups in total. The van der Waals surface area contributed by atoms with Crippen LogP contribution in [-0.4, -0.2) is 16.6 Å². The van der Waals surface area contributed by atoms with Gasteiger partial charge in [0.1, 0.15) is 5.82 Å². The van der Waals surface area contributed by atoms with Crippen molar-refractivity contribution in [1.82, 2.24) is 4.98 Å². The second kappa shape index (κ2) is 6.30. The van der Waals surface area contributed by atoms with Crippen molar-refractivity contribution in [1.29, 1.82) is 0 Å².